The van der Waals surface area contributed by atoms with Gasteiger partial charge in [-0.1, -0.05) is 34.6 Å². The zero-order chi connectivity index (χ0) is 12.3. The highest BCUT2D eigenvalue weighted by atomic mass is 14.7. The number of nitrogens with one attached hydrogen (secondary N) is 1. The van der Waals surface area contributed by atoms with E-state index >= 15 is 0 Å². The third-order valence-corrected chi connectivity index (χ3v) is 3.27. The van der Waals surface area contributed by atoms with Gasteiger partial charge in [-0.15, -0.1) is 0 Å². The van der Waals surface area contributed by atoms with Gasteiger partial charge in [-0.05, 0) is 31.6 Å². The first-order valence-electron chi connectivity index (χ1n) is 5.92. The largest absolute Gasteiger partial charge is 0.328 e. The molecule has 0 saturated heterocycles. The maximum absolute atomic E-state index is 7.82. The van der Waals surface area contributed by atoms with E-state index < -0.39 is 0 Å². The predicted octanol–water partition coefficient (Wildman–Crippen LogP) is 3.60. The van der Waals surface area contributed by atoms with Gasteiger partial charge in [-0.25, -0.2) is 0 Å². The summed E-state index contributed by atoms with van der Waals surface area (Å²) >= 11 is 0. The summed E-state index contributed by atoms with van der Waals surface area (Å²) in [5.41, 5.74) is 7.19. The van der Waals surface area contributed by atoms with Crippen molar-refractivity contribution in [3.8, 4) is 0 Å². The molecule has 0 bridgehead atoms. The van der Waals surface area contributed by atoms with Gasteiger partial charge in [0.25, 0.3) is 0 Å². The first-order valence-corrected chi connectivity index (χ1v) is 5.92. The van der Waals surface area contributed by atoms with Crippen LogP contribution in [0.15, 0.2) is 0 Å². The van der Waals surface area contributed by atoms with Gasteiger partial charge in [0.05, 0.1) is 0 Å². The molecule has 0 heterocycles. The Morgan fingerprint density at radius 2 is 1.67 bits per heavy atom. The third-order valence-electron chi connectivity index (χ3n) is 3.27. The lowest BCUT2D eigenvalue weighted by atomic mass is 9.74. The van der Waals surface area contributed by atoms with Crippen LogP contribution < -0.4 is 5.73 Å². The molecule has 2 unspecified atom stereocenters. The minimum Gasteiger partial charge on any atom is -0.328 e. The van der Waals surface area contributed by atoms with Gasteiger partial charge in [0, 0.05) is 17.2 Å². The Labute approximate surface area is 95.1 Å². The third kappa shape index (κ3) is 5.31. The minimum absolute atomic E-state index is 0.00926. The smallest absolute Gasteiger partial charge is 0.0118 e. The maximum atomic E-state index is 7.82. The van der Waals surface area contributed by atoms with Gasteiger partial charge in [-0.3, -0.25) is 0 Å². The molecule has 2 heteroatoms. The summed E-state index contributed by atoms with van der Waals surface area (Å²) in [6.07, 6.45) is 2.95. The van der Waals surface area contributed by atoms with E-state index in [0.717, 1.165) is 25.0 Å². The average molecular weight is 212 g/mol. The van der Waals surface area contributed by atoms with Gasteiger partial charge >= 0.3 is 0 Å². The molecular formula is C13H28N2. The average Bonchev–Trinajstić information content (AvgIpc) is 1.99. The van der Waals surface area contributed by atoms with Crippen molar-refractivity contribution in [2.24, 2.45) is 16.6 Å². The van der Waals surface area contributed by atoms with Crippen molar-refractivity contribution in [1.29, 1.82) is 5.41 Å². The Morgan fingerprint density at radius 3 is 1.93 bits per heavy atom. The molecule has 15 heavy (non-hydrogen) atoms. The molecule has 0 saturated carbocycles. The van der Waals surface area contributed by atoms with Crippen molar-refractivity contribution in [3.63, 3.8) is 0 Å². The van der Waals surface area contributed by atoms with Crippen LogP contribution in [0.3, 0.4) is 0 Å². The number of rotatable bonds is 5. The second-order valence-electron chi connectivity index (χ2n) is 6.27. The molecule has 0 radical (unpaired) electrons. The molecule has 90 valence electrons. The fourth-order valence-electron chi connectivity index (χ4n) is 2.00. The van der Waals surface area contributed by atoms with Gasteiger partial charge in [0.15, 0.2) is 0 Å². The van der Waals surface area contributed by atoms with E-state index in [4.69, 9.17) is 11.1 Å². The summed E-state index contributed by atoms with van der Waals surface area (Å²) < 4.78 is 0. The van der Waals surface area contributed by atoms with Crippen LogP contribution in [-0.4, -0.2) is 11.8 Å². The zero-order valence-corrected chi connectivity index (χ0v) is 11.3. The number of hydrogen-bond acceptors (Lipinski definition) is 2. The second-order valence-corrected chi connectivity index (χ2v) is 6.27. The van der Waals surface area contributed by atoms with Crippen LogP contribution in [0.2, 0.25) is 0 Å². The van der Waals surface area contributed by atoms with E-state index in [2.05, 4.69) is 34.6 Å². The molecular weight excluding hydrogens is 184 g/mol. The van der Waals surface area contributed by atoms with E-state index in [1.54, 1.807) is 0 Å². The van der Waals surface area contributed by atoms with Crippen LogP contribution in [-0.2, 0) is 0 Å². The van der Waals surface area contributed by atoms with Crippen molar-refractivity contribution < 1.29 is 0 Å². The molecule has 0 aliphatic rings. The van der Waals surface area contributed by atoms with Crippen molar-refractivity contribution in [2.75, 3.05) is 0 Å². The molecule has 3 N–H and O–H groups in total. The van der Waals surface area contributed by atoms with E-state index in [9.17, 15) is 0 Å². The van der Waals surface area contributed by atoms with Crippen LogP contribution in [0.25, 0.3) is 0 Å². The van der Waals surface area contributed by atoms with Crippen LogP contribution in [0.1, 0.15) is 60.8 Å². The predicted molar refractivity (Wildman–Crippen MR) is 68.5 cm³/mol. The highest BCUT2D eigenvalue weighted by Gasteiger charge is 2.28. The highest BCUT2D eigenvalue weighted by molar-refractivity contribution is 5.84. The SMILES string of the molecule is CCC(C)(CC(N)CC(C)(C)C)C(C)=N. The Morgan fingerprint density at radius 1 is 1.20 bits per heavy atom. The molecule has 0 fully saturated rings. The number of hydrogen-bond donors (Lipinski definition) is 2. The molecule has 0 aromatic rings. The van der Waals surface area contributed by atoms with Crippen LogP contribution in [0.4, 0.5) is 0 Å². The van der Waals surface area contributed by atoms with Crippen molar-refractivity contribution in [1.82, 2.24) is 0 Å². The molecule has 0 spiro atoms. The van der Waals surface area contributed by atoms with E-state index in [1.807, 2.05) is 6.92 Å². The van der Waals surface area contributed by atoms with Gasteiger partial charge in [-0.2, -0.15) is 0 Å². The summed E-state index contributed by atoms with van der Waals surface area (Å²) in [5.74, 6) is 0. The van der Waals surface area contributed by atoms with Crippen LogP contribution >= 0.6 is 0 Å². The second kappa shape index (κ2) is 5.11. The minimum atomic E-state index is -0.00926. The molecule has 0 aliphatic heterocycles. The fraction of sp³-hybridized carbons (Fsp3) is 0.923. The molecule has 0 aromatic carbocycles. The quantitative estimate of drug-likeness (QED) is 0.672. The molecule has 0 aromatic heterocycles. The Hall–Kier alpha value is -0.370. The van der Waals surface area contributed by atoms with Gasteiger partial charge in [0.1, 0.15) is 0 Å². The lowest BCUT2D eigenvalue weighted by molar-refractivity contribution is 0.283. The first-order chi connectivity index (χ1) is 6.60. The number of nitrogens with two attached hydrogens (primary N) is 1. The summed E-state index contributed by atoms with van der Waals surface area (Å²) in [7, 11) is 0. The summed E-state index contributed by atoms with van der Waals surface area (Å²) in [4.78, 5) is 0. The van der Waals surface area contributed by atoms with E-state index in [-0.39, 0.29) is 16.9 Å². The lowest BCUT2D eigenvalue weighted by Crippen LogP contribution is -2.36. The molecule has 2 nitrogen and oxygen atoms in total. The maximum Gasteiger partial charge on any atom is 0.0118 e. The van der Waals surface area contributed by atoms with Crippen LogP contribution in [0, 0.1) is 16.2 Å². The van der Waals surface area contributed by atoms with Gasteiger partial charge < -0.3 is 11.1 Å². The van der Waals surface area contributed by atoms with Crippen molar-refractivity contribution in [2.45, 2.75) is 66.8 Å². The Kier molecular flexibility index (Phi) is 4.98. The lowest BCUT2D eigenvalue weighted by Gasteiger charge is -2.33. The highest BCUT2D eigenvalue weighted by Crippen LogP contribution is 2.31. The molecule has 0 amide bonds. The Balaban J connectivity index is 4.38. The molecule has 2 atom stereocenters. The van der Waals surface area contributed by atoms with E-state index in [1.165, 1.54) is 0 Å². The zero-order valence-electron chi connectivity index (χ0n) is 11.3. The normalized spacial score (nSPS) is 18.3. The van der Waals surface area contributed by atoms with Crippen LogP contribution in [0.5, 0.6) is 0 Å². The summed E-state index contributed by atoms with van der Waals surface area (Å²) in [6.45, 7) is 12.8. The monoisotopic (exact) mass is 212 g/mol. The van der Waals surface area contributed by atoms with Crippen molar-refractivity contribution in [3.05, 3.63) is 0 Å². The standard InChI is InChI=1S/C13H28N2/c1-7-13(6,10(2)14)9-11(15)8-12(3,4)5/h11,14H,7-9,15H2,1-6H3. The van der Waals surface area contributed by atoms with E-state index in [0.29, 0.717) is 0 Å². The molecule has 0 rings (SSSR count). The van der Waals surface area contributed by atoms with Gasteiger partial charge in [0.2, 0.25) is 0 Å². The first kappa shape index (κ1) is 14.6. The summed E-state index contributed by atoms with van der Waals surface area (Å²) in [5, 5.41) is 7.82. The fourth-order valence-corrected chi connectivity index (χ4v) is 2.00. The van der Waals surface area contributed by atoms with Crippen molar-refractivity contribution >= 4 is 5.71 Å². The Bertz CT molecular complexity index is 215. The molecule has 0 aliphatic carbocycles. The topological polar surface area (TPSA) is 49.9 Å². The summed E-state index contributed by atoms with van der Waals surface area (Å²) in [6, 6.07) is 0.204.